The summed E-state index contributed by atoms with van der Waals surface area (Å²) in [6, 6.07) is 2.10. The van der Waals surface area contributed by atoms with Crippen molar-refractivity contribution in [1.82, 2.24) is 0 Å². The molecule has 0 amide bonds. The molecular weight excluding hydrogens is 232 g/mol. The van der Waals surface area contributed by atoms with Crippen LogP contribution in [0.4, 0.5) is 0 Å². The van der Waals surface area contributed by atoms with Gasteiger partial charge < -0.3 is 5.11 Å². The van der Waals surface area contributed by atoms with Crippen molar-refractivity contribution in [3.63, 3.8) is 0 Å². The molecule has 0 aliphatic carbocycles. The molecule has 1 aromatic carbocycles. The maximum Gasteiger partial charge on any atom is 0.0617 e. The van der Waals surface area contributed by atoms with E-state index >= 15 is 0 Å². The second-order valence-corrected chi connectivity index (χ2v) is 4.71. The molecule has 0 aliphatic heterocycles. The van der Waals surface area contributed by atoms with Crippen LogP contribution in [0.15, 0.2) is 23.8 Å². The number of aliphatic hydroxyl groups is 1. The van der Waals surface area contributed by atoms with Crippen molar-refractivity contribution in [3.05, 3.63) is 51.1 Å². The fourth-order valence-corrected chi connectivity index (χ4v) is 2.02. The highest BCUT2D eigenvalue weighted by Crippen LogP contribution is 2.27. The molecule has 0 saturated carbocycles. The number of allylic oxidation sites excluding steroid dienone is 2. The lowest BCUT2D eigenvalue weighted by Crippen LogP contribution is -1.91. The van der Waals surface area contributed by atoms with Crippen molar-refractivity contribution in [1.29, 1.82) is 0 Å². The normalized spacial score (nSPS) is 12.5. The van der Waals surface area contributed by atoms with Crippen LogP contribution in [0.5, 0.6) is 0 Å². The second-order valence-electron chi connectivity index (χ2n) is 4.33. The Hall–Kier alpha value is -1.05. The van der Waals surface area contributed by atoms with Crippen LogP contribution in [0, 0.1) is 20.8 Å². The minimum absolute atomic E-state index is 0.0722. The average molecular weight is 251 g/mol. The third-order valence-corrected chi connectivity index (χ3v) is 3.45. The highest BCUT2D eigenvalue weighted by molar-refractivity contribution is 6.32. The molecule has 0 heterocycles. The Labute approximate surface area is 108 Å². The highest BCUT2D eigenvalue weighted by Gasteiger charge is 2.06. The Morgan fingerprint density at radius 1 is 1.29 bits per heavy atom. The van der Waals surface area contributed by atoms with Crippen LogP contribution >= 0.6 is 11.6 Å². The number of benzene rings is 1. The molecule has 0 fully saturated rings. The highest BCUT2D eigenvalue weighted by atomic mass is 35.5. The number of halogens is 1. The molecule has 0 bridgehead atoms. The van der Waals surface area contributed by atoms with Crippen LogP contribution in [0.2, 0.25) is 5.02 Å². The second kappa shape index (κ2) is 6.04. The maximum atomic E-state index is 8.79. The largest absolute Gasteiger partial charge is 0.392 e. The summed E-state index contributed by atoms with van der Waals surface area (Å²) in [5, 5.41) is 9.62. The molecule has 17 heavy (non-hydrogen) atoms. The van der Waals surface area contributed by atoms with Crippen molar-refractivity contribution in [2.75, 3.05) is 6.61 Å². The third-order valence-electron chi connectivity index (χ3n) is 2.86. The third kappa shape index (κ3) is 3.45. The van der Waals surface area contributed by atoms with Crippen LogP contribution < -0.4 is 0 Å². The van der Waals surface area contributed by atoms with Gasteiger partial charge in [-0.15, -0.1) is 0 Å². The van der Waals surface area contributed by atoms with Crippen LogP contribution in [0.1, 0.15) is 29.2 Å². The van der Waals surface area contributed by atoms with Gasteiger partial charge in [-0.05, 0) is 49.9 Å². The summed E-state index contributed by atoms with van der Waals surface area (Å²) in [5.41, 5.74) is 5.64. The van der Waals surface area contributed by atoms with Gasteiger partial charge in [0.2, 0.25) is 0 Å². The summed E-state index contributed by atoms with van der Waals surface area (Å²) < 4.78 is 0. The number of rotatable bonds is 3. The Bertz CT molecular complexity index is 470. The van der Waals surface area contributed by atoms with E-state index < -0.39 is 0 Å². The molecule has 0 saturated heterocycles. The first kappa shape index (κ1) is 14.0. The molecule has 1 rings (SSSR count). The summed E-state index contributed by atoms with van der Waals surface area (Å²) in [6.07, 6.45) is 5.83. The van der Waals surface area contributed by atoms with Gasteiger partial charge in [0.1, 0.15) is 0 Å². The molecule has 1 aromatic rings. The van der Waals surface area contributed by atoms with E-state index in [9.17, 15) is 0 Å². The van der Waals surface area contributed by atoms with Gasteiger partial charge in [0.15, 0.2) is 0 Å². The van der Waals surface area contributed by atoms with E-state index in [-0.39, 0.29) is 6.61 Å². The molecule has 0 atom stereocenters. The Morgan fingerprint density at radius 3 is 2.53 bits per heavy atom. The number of aliphatic hydroxyl groups excluding tert-OH is 1. The van der Waals surface area contributed by atoms with E-state index in [1.807, 2.05) is 26.8 Å². The van der Waals surface area contributed by atoms with Crippen molar-refractivity contribution in [3.8, 4) is 0 Å². The van der Waals surface area contributed by atoms with Gasteiger partial charge in [-0.1, -0.05) is 41.5 Å². The van der Waals surface area contributed by atoms with Gasteiger partial charge in [-0.2, -0.15) is 0 Å². The molecule has 1 nitrogen and oxygen atoms in total. The molecular formula is C15H19ClO. The van der Waals surface area contributed by atoms with E-state index in [4.69, 9.17) is 16.7 Å². The summed E-state index contributed by atoms with van der Waals surface area (Å²) in [7, 11) is 0. The average Bonchev–Trinajstić information content (AvgIpc) is 2.26. The molecule has 92 valence electrons. The lowest BCUT2D eigenvalue weighted by Gasteiger charge is -2.10. The number of aryl methyl sites for hydroxylation is 2. The van der Waals surface area contributed by atoms with Crippen molar-refractivity contribution >= 4 is 17.7 Å². The quantitative estimate of drug-likeness (QED) is 0.797. The smallest absolute Gasteiger partial charge is 0.0617 e. The topological polar surface area (TPSA) is 20.2 Å². The van der Waals surface area contributed by atoms with Gasteiger partial charge in [-0.25, -0.2) is 0 Å². The SMILES string of the molecule is CC(C=Cc1c(C)cc(C)c(Cl)c1C)=CCO. The van der Waals surface area contributed by atoms with Gasteiger partial charge in [0.05, 0.1) is 6.61 Å². The summed E-state index contributed by atoms with van der Waals surface area (Å²) in [4.78, 5) is 0. The lowest BCUT2D eigenvalue weighted by molar-refractivity contribution is 0.342. The van der Waals surface area contributed by atoms with Crippen LogP contribution in [0.3, 0.4) is 0 Å². The van der Waals surface area contributed by atoms with E-state index in [0.717, 1.165) is 27.3 Å². The van der Waals surface area contributed by atoms with Crippen LogP contribution in [0.25, 0.3) is 6.08 Å². The Morgan fingerprint density at radius 2 is 1.94 bits per heavy atom. The standard InChI is InChI=1S/C15H19ClO/c1-10(7-8-17)5-6-14-11(2)9-12(3)15(16)13(14)4/h5-7,9,17H,8H2,1-4H3. The van der Waals surface area contributed by atoms with Gasteiger partial charge in [-0.3, -0.25) is 0 Å². The van der Waals surface area contributed by atoms with E-state index in [1.165, 1.54) is 5.56 Å². The first-order valence-electron chi connectivity index (χ1n) is 5.69. The van der Waals surface area contributed by atoms with Crippen molar-refractivity contribution in [2.45, 2.75) is 27.7 Å². The fraction of sp³-hybridized carbons (Fsp3) is 0.333. The molecule has 0 aliphatic rings. The molecule has 0 unspecified atom stereocenters. The van der Waals surface area contributed by atoms with Crippen LogP contribution in [-0.4, -0.2) is 11.7 Å². The zero-order valence-electron chi connectivity index (χ0n) is 10.8. The summed E-state index contributed by atoms with van der Waals surface area (Å²) in [6.45, 7) is 8.18. The van der Waals surface area contributed by atoms with E-state index in [2.05, 4.69) is 19.1 Å². The molecule has 0 spiro atoms. The molecule has 0 aromatic heterocycles. The maximum absolute atomic E-state index is 8.79. The van der Waals surface area contributed by atoms with E-state index in [0.29, 0.717) is 0 Å². The first-order chi connectivity index (χ1) is 7.97. The first-order valence-corrected chi connectivity index (χ1v) is 6.07. The summed E-state index contributed by atoms with van der Waals surface area (Å²) in [5.74, 6) is 0. The molecule has 0 radical (unpaired) electrons. The predicted octanol–water partition coefficient (Wildman–Crippen LogP) is 4.22. The number of hydrogen-bond acceptors (Lipinski definition) is 1. The number of hydrogen-bond donors (Lipinski definition) is 1. The monoisotopic (exact) mass is 250 g/mol. The van der Waals surface area contributed by atoms with Gasteiger partial charge >= 0.3 is 0 Å². The van der Waals surface area contributed by atoms with Crippen LogP contribution in [-0.2, 0) is 0 Å². The van der Waals surface area contributed by atoms with E-state index in [1.54, 1.807) is 6.08 Å². The molecule has 2 heteroatoms. The Kier molecular flexibility index (Phi) is 4.98. The summed E-state index contributed by atoms with van der Waals surface area (Å²) >= 11 is 6.24. The van der Waals surface area contributed by atoms with Crippen molar-refractivity contribution in [2.24, 2.45) is 0 Å². The molecule has 1 N–H and O–H groups in total. The van der Waals surface area contributed by atoms with Gasteiger partial charge in [0, 0.05) is 5.02 Å². The minimum Gasteiger partial charge on any atom is -0.392 e. The zero-order chi connectivity index (χ0) is 13.0. The predicted molar refractivity (Wildman–Crippen MR) is 75.5 cm³/mol. The zero-order valence-corrected chi connectivity index (χ0v) is 11.6. The van der Waals surface area contributed by atoms with Gasteiger partial charge in [0.25, 0.3) is 0 Å². The lowest BCUT2D eigenvalue weighted by atomic mass is 9.99. The van der Waals surface area contributed by atoms with Crippen molar-refractivity contribution < 1.29 is 5.11 Å². The Balaban J connectivity index is 3.16. The minimum atomic E-state index is 0.0722. The fourth-order valence-electron chi connectivity index (χ4n) is 1.86.